The fraction of sp³-hybridized carbons (Fsp3) is 0.353. The van der Waals surface area contributed by atoms with E-state index in [-0.39, 0.29) is 6.04 Å². The molecule has 2 heterocycles. The minimum absolute atomic E-state index is 0.206. The largest absolute Gasteiger partial charge is 0.356 e. The highest BCUT2D eigenvalue weighted by molar-refractivity contribution is 8.13. The molecule has 1 fully saturated rings. The third kappa shape index (κ3) is 3.10. The van der Waals surface area contributed by atoms with Crippen LogP contribution in [0.2, 0.25) is 0 Å². The Hall–Kier alpha value is -2.26. The Kier molecular flexibility index (Phi) is 4.68. The van der Waals surface area contributed by atoms with E-state index in [1.54, 1.807) is 17.8 Å². The molecule has 0 aliphatic carbocycles. The van der Waals surface area contributed by atoms with Gasteiger partial charge in [-0.05, 0) is 31.2 Å². The van der Waals surface area contributed by atoms with Crippen molar-refractivity contribution < 1.29 is 4.52 Å². The van der Waals surface area contributed by atoms with Gasteiger partial charge in [0.2, 0.25) is 0 Å². The monoisotopic (exact) mass is 326 g/mol. The molecular weight excluding hydrogens is 308 g/mol. The summed E-state index contributed by atoms with van der Waals surface area (Å²) in [6.45, 7) is 0.990. The number of rotatable bonds is 2. The number of likely N-dealkylation sites (tertiary alicyclic amines) is 1. The summed E-state index contributed by atoms with van der Waals surface area (Å²) >= 11 is 1.66. The quantitative estimate of drug-likeness (QED) is 0.622. The van der Waals surface area contributed by atoms with E-state index >= 15 is 0 Å². The molecule has 0 unspecified atom stereocenters. The number of nitrogens with zero attached hydrogens (tertiary/aromatic N) is 4. The van der Waals surface area contributed by atoms with Crippen LogP contribution < -0.4 is 0 Å². The van der Waals surface area contributed by atoms with E-state index in [1.807, 2.05) is 37.6 Å². The Balaban J connectivity index is 1.88. The Morgan fingerprint density at radius 2 is 2.35 bits per heavy atom. The van der Waals surface area contributed by atoms with Gasteiger partial charge in [0, 0.05) is 25.2 Å². The summed E-state index contributed by atoms with van der Waals surface area (Å²) < 4.78 is 5.53. The molecular formula is C17H18N4OS. The van der Waals surface area contributed by atoms with Gasteiger partial charge in [-0.2, -0.15) is 5.26 Å². The first-order chi connectivity index (χ1) is 11.3. The molecule has 5 nitrogen and oxygen atoms in total. The molecule has 0 N–H and O–H groups in total. The van der Waals surface area contributed by atoms with Gasteiger partial charge in [0.1, 0.15) is 5.69 Å². The van der Waals surface area contributed by atoms with Crippen LogP contribution in [0.4, 0.5) is 0 Å². The predicted octanol–water partition coefficient (Wildman–Crippen LogP) is 3.70. The molecule has 3 rings (SSSR count). The molecule has 0 radical (unpaired) electrons. The van der Waals surface area contributed by atoms with Crippen molar-refractivity contribution in [1.82, 2.24) is 10.1 Å². The third-order valence-electron chi connectivity index (χ3n) is 4.02. The van der Waals surface area contributed by atoms with Gasteiger partial charge in [-0.15, -0.1) is 0 Å². The number of hydrogen-bond donors (Lipinski definition) is 0. The Morgan fingerprint density at radius 3 is 3.09 bits per heavy atom. The van der Waals surface area contributed by atoms with Gasteiger partial charge in [0.15, 0.2) is 10.9 Å². The first-order valence-corrected chi connectivity index (χ1v) is 8.74. The summed E-state index contributed by atoms with van der Waals surface area (Å²) in [6, 6.07) is 11.7. The standard InChI is InChI=1S/C17H18N4OS/c1-19-17(23-2)21-8-4-7-15(21)14-10-16(22-20-14)13-6-3-5-12(9-13)11-18/h3,5-6,9-10,15H,4,7-8H2,1-2H3/b19-17-/t15-/m1/s1. The Morgan fingerprint density at radius 1 is 1.48 bits per heavy atom. The van der Waals surface area contributed by atoms with Gasteiger partial charge in [-0.1, -0.05) is 29.1 Å². The predicted molar refractivity (Wildman–Crippen MR) is 92.2 cm³/mol. The first kappa shape index (κ1) is 15.6. The average molecular weight is 326 g/mol. The highest BCUT2D eigenvalue weighted by Crippen LogP contribution is 2.35. The van der Waals surface area contributed by atoms with Gasteiger partial charge < -0.3 is 9.42 Å². The number of thioether (sulfide) groups is 1. The maximum atomic E-state index is 9.02. The summed E-state index contributed by atoms with van der Waals surface area (Å²) in [5.41, 5.74) is 2.42. The van der Waals surface area contributed by atoms with E-state index in [9.17, 15) is 0 Å². The summed E-state index contributed by atoms with van der Waals surface area (Å²) in [5.74, 6) is 0.697. The van der Waals surface area contributed by atoms with Crippen LogP contribution in [-0.4, -0.2) is 35.1 Å². The fourth-order valence-corrected chi connectivity index (χ4v) is 3.60. The molecule has 2 aromatic rings. The smallest absolute Gasteiger partial charge is 0.167 e. The normalized spacial score (nSPS) is 18.2. The molecule has 1 atom stereocenters. The molecule has 0 bridgehead atoms. The average Bonchev–Trinajstić information content (AvgIpc) is 3.25. The fourth-order valence-electron chi connectivity index (χ4n) is 2.96. The molecule has 0 saturated carbocycles. The van der Waals surface area contributed by atoms with Gasteiger partial charge in [0.25, 0.3) is 0 Å². The lowest BCUT2D eigenvalue weighted by Gasteiger charge is -2.24. The van der Waals surface area contributed by atoms with Gasteiger partial charge >= 0.3 is 0 Å². The number of amidine groups is 1. The summed E-state index contributed by atoms with van der Waals surface area (Å²) in [4.78, 5) is 6.65. The Labute approximate surface area is 140 Å². The molecule has 1 aromatic carbocycles. The first-order valence-electron chi connectivity index (χ1n) is 7.51. The molecule has 0 spiro atoms. The molecule has 1 aromatic heterocycles. The number of aliphatic imine (C=N–C) groups is 1. The van der Waals surface area contributed by atoms with Gasteiger partial charge in [-0.3, -0.25) is 4.99 Å². The molecule has 1 aliphatic heterocycles. The number of benzene rings is 1. The van der Waals surface area contributed by atoms with E-state index < -0.39 is 0 Å². The zero-order chi connectivity index (χ0) is 16.2. The third-order valence-corrected chi connectivity index (χ3v) is 4.80. The molecule has 1 aliphatic rings. The maximum absolute atomic E-state index is 9.02. The van der Waals surface area contributed by atoms with Gasteiger partial charge in [-0.25, -0.2) is 0 Å². The zero-order valence-corrected chi connectivity index (χ0v) is 14.0. The van der Waals surface area contributed by atoms with Crippen LogP contribution >= 0.6 is 11.8 Å². The minimum atomic E-state index is 0.206. The molecule has 1 saturated heterocycles. The number of nitriles is 1. The second-order valence-corrected chi connectivity index (χ2v) is 6.14. The number of aromatic nitrogens is 1. The highest BCUT2D eigenvalue weighted by atomic mass is 32.2. The second kappa shape index (κ2) is 6.88. The van der Waals surface area contributed by atoms with Crippen LogP contribution in [0.1, 0.15) is 30.1 Å². The summed E-state index contributed by atoms with van der Waals surface area (Å²) in [5, 5.41) is 14.3. The summed E-state index contributed by atoms with van der Waals surface area (Å²) in [6.07, 6.45) is 4.21. The van der Waals surface area contributed by atoms with Crippen molar-refractivity contribution in [3.8, 4) is 17.4 Å². The van der Waals surface area contributed by atoms with Crippen LogP contribution in [0.15, 0.2) is 39.8 Å². The van der Waals surface area contributed by atoms with E-state index in [0.717, 1.165) is 35.8 Å². The molecule has 118 valence electrons. The van der Waals surface area contributed by atoms with Crippen molar-refractivity contribution >= 4 is 16.9 Å². The van der Waals surface area contributed by atoms with E-state index in [1.165, 1.54) is 0 Å². The van der Waals surface area contributed by atoms with Crippen molar-refractivity contribution in [3.63, 3.8) is 0 Å². The number of hydrogen-bond acceptors (Lipinski definition) is 5. The zero-order valence-electron chi connectivity index (χ0n) is 13.2. The van der Waals surface area contributed by atoms with E-state index in [2.05, 4.69) is 21.1 Å². The SMILES string of the molecule is C/N=C(\SC)N1CCC[C@@H]1c1cc(-c2cccc(C#N)c2)on1. The van der Waals surface area contributed by atoms with Crippen molar-refractivity contribution in [1.29, 1.82) is 5.26 Å². The molecule has 23 heavy (non-hydrogen) atoms. The van der Waals surface area contributed by atoms with Gasteiger partial charge in [0.05, 0.1) is 17.7 Å². The summed E-state index contributed by atoms with van der Waals surface area (Å²) in [7, 11) is 1.82. The molecule has 6 heteroatoms. The Bertz CT molecular complexity index is 762. The van der Waals surface area contributed by atoms with Crippen LogP contribution in [-0.2, 0) is 0 Å². The lowest BCUT2D eigenvalue weighted by atomic mass is 10.1. The molecule has 0 amide bonds. The minimum Gasteiger partial charge on any atom is -0.356 e. The van der Waals surface area contributed by atoms with E-state index in [0.29, 0.717) is 11.3 Å². The lowest BCUT2D eigenvalue weighted by Crippen LogP contribution is -2.28. The van der Waals surface area contributed by atoms with Crippen molar-refractivity contribution in [2.24, 2.45) is 4.99 Å². The lowest BCUT2D eigenvalue weighted by molar-refractivity contribution is 0.362. The van der Waals surface area contributed by atoms with Crippen molar-refractivity contribution in [3.05, 3.63) is 41.6 Å². The van der Waals surface area contributed by atoms with Crippen LogP contribution in [0.25, 0.3) is 11.3 Å². The van der Waals surface area contributed by atoms with Crippen molar-refractivity contribution in [2.75, 3.05) is 19.8 Å². The highest BCUT2D eigenvalue weighted by Gasteiger charge is 2.30. The van der Waals surface area contributed by atoms with Crippen LogP contribution in [0.5, 0.6) is 0 Å². The van der Waals surface area contributed by atoms with Crippen molar-refractivity contribution in [2.45, 2.75) is 18.9 Å². The van der Waals surface area contributed by atoms with E-state index in [4.69, 9.17) is 9.78 Å². The van der Waals surface area contributed by atoms with Crippen LogP contribution in [0.3, 0.4) is 0 Å². The van der Waals surface area contributed by atoms with Crippen LogP contribution in [0, 0.1) is 11.3 Å². The second-order valence-electron chi connectivity index (χ2n) is 5.37. The topological polar surface area (TPSA) is 65.4 Å². The maximum Gasteiger partial charge on any atom is 0.167 e.